The molecule has 1 aromatic carbocycles. The van der Waals surface area contributed by atoms with Crippen molar-refractivity contribution in [1.29, 1.82) is 0 Å². The van der Waals surface area contributed by atoms with Gasteiger partial charge in [-0.2, -0.15) is 0 Å². The highest BCUT2D eigenvalue weighted by Crippen LogP contribution is 2.21. The molecule has 18 heavy (non-hydrogen) atoms. The van der Waals surface area contributed by atoms with Crippen molar-refractivity contribution in [2.24, 2.45) is 0 Å². The summed E-state index contributed by atoms with van der Waals surface area (Å²) in [5.41, 5.74) is 3.55. The summed E-state index contributed by atoms with van der Waals surface area (Å²) in [6.45, 7) is 5.09. The zero-order valence-electron chi connectivity index (χ0n) is 10.4. The average Bonchev–Trinajstić information content (AvgIpc) is 2.86. The molecule has 0 radical (unpaired) electrons. The van der Waals surface area contributed by atoms with E-state index in [0.29, 0.717) is 0 Å². The summed E-state index contributed by atoms with van der Waals surface area (Å²) in [6, 6.07) is 10.7. The fraction of sp³-hybridized carbons (Fsp3) is 0.214. The molecule has 3 rings (SSSR count). The van der Waals surface area contributed by atoms with Crippen LogP contribution in [0.1, 0.15) is 15.3 Å². The normalized spacial score (nSPS) is 11.2. The number of hydrogen-bond donors (Lipinski definition) is 1. The minimum Gasteiger partial charge on any atom is -0.331 e. The molecule has 0 saturated heterocycles. The van der Waals surface area contributed by atoms with Gasteiger partial charge in [-0.15, -0.1) is 11.3 Å². The zero-order chi connectivity index (χ0) is 12.7. The highest BCUT2D eigenvalue weighted by atomic mass is 32.1. The Morgan fingerprint density at radius 2 is 2.06 bits per heavy atom. The summed E-state index contributed by atoms with van der Waals surface area (Å²) in [4.78, 5) is 5.94. The molecule has 0 aliphatic heterocycles. The van der Waals surface area contributed by atoms with Gasteiger partial charge in [-0.1, -0.05) is 6.07 Å². The van der Waals surface area contributed by atoms with Crippen LogP contribution >= 0.6 is 23.6 Å². The van der Waals surface area contributed by atoms with E-state index in [1.165, 1.54) is 20.8 Å². The molecule has 0 aliphatic rings. The molecule has 0 saturated carbocycles. The number of aromatic amines is 1. The van der Waals surface area contributed by atoms with E-state index in [9.17, 15) is 0 Å². The maximum atomic E-state index is 5.41. The maximum absolute atomic E-state index is 5.41. The number of imidazole rings is 1. The van der Waals surface area contributed by atoms with E-state index in [4.69, 9.17) is 12.2 Å². The molecule has 2 heterocycles. The lowest BCUT2D eigenvalue weighted by Gasteiger charge is -2.03. The van der Waals surface area contributed by atoms with Gasteiger partial charge < -0.3 is 9.55 Å². The molecule has 0 aliphatic carbocycles. The molecule has 4 heteroatoms. The van der Waals surface area contributed by atoms with Crippen LogP contribution in [-0.2, 0) is 6.54 Å². The second-order valence-corrected chi connectivity index (χ2v) is 6.31. The summed E-state index contributed by atoms with van der Waals surface area (Å²) in [7, 11) is 0. The molecule has 0 spiro atoms. The van der Waals surface area contributed by atoms with E-state index in [1.54, 1.807) is 0 Å². The van der Waals surface area contributed by atoms with Crippen molar-refractivity contribution in [1.82, 2.24) is 9.55 Å². The first-order chi connectivity index (χ1) is 8.63. The van der Waals surface area contributed by atoms with Gasteiger partial charge in [0.2, 0.25) is 0 Å². The van der Waals surface area contributed by atoms with E-state index < -0.39 is 0 Å². The van der Waals surface area contributed by atoms with Gasteiger partial charge in [0.15, 0.2) is 4.77 Å². The molecule has 0 fully saturated rings. The lowest BCUT2D eigenvalue weighted by atomic mass is 10.2. The number of H-pyrrole nitrogens is 1. The summed E-state index contributed by atoms with van der Waals surface area (Å²) in [6.07, 6.45) is 0. The standard InChI is InChI=1S/C14H14N2S2/c1-9-3-6-12-13(7-9)16(14(17)15-12)8-11-5-4-10(2)18-11/h3-7H,8H2,1-2H3,(H,15,17). The van der Waals surface area contributed by atoms with Gasteiger partial charge in [-0.3, -0.25) is 0 Å². The van der Waals surface area contributed by atoms with Crippen LogP contribution in [0.15, 0.2) is 30.3 Å². The van der Waals surface area contributed by atoms with Crippen LogP contribution in [-0.4, -0.2) is 9.55 Å². The summed E-state index contributed by atoms with van der Waals surface area (Å²) in [5.74, 6) is 0. The SMILES string of the molecule is Cc1ccc2[nH]c(=S)n(Cc3ccc(C)s3)c2c1. The fourth-order valence-corrected chi connectivity index (χ4v) is 3.30. The van der Waals surface area contributed by atoms with Crippen LogP contribution in [0.5, 0.6) is 0 Å². The summed E-state index contributed by atoms with van der Waals surface area (Å²) in [5, 5.41) is 0. The maximum Gasteiger partial charge on any atom is 0.178 e. The quantitative estimate of drug-likeness (QED) is 0.686. The Morgan fingerprint density at radius 1 is 1.22 bits per heavy atom. The van der Waals surface area contributed by atoms with Crippen LogP contribution in [0.2, 0.25) is 0 Å². The summed E-state index contributed by atoms with van der Waals surface area (Å²) < 4.78 is 2.96. The van der Waals surface area contributed by atoms with Crippen LogP contribution in [0, 0.1) is 18.6 Å². The minimum absolute atomic E-state index is 0.793. The molecule has 0 unspecified atom stereocenters. The Hall–Kier alpha value is -1.39. The molecular formula is C14H14N2S2. The molecule has 3 aromatic rings. The number of rotatable bonds is 2. The fourth-order valence-electron chi connectivity index (χ4n) is 2.15. The van der Waals surface area contributed by atoms with Crippen molar-refractivity contribution >= 4 is 34.6 Å². The number of nitrogens with one attached hydrogen (secondary N) is 1. The Morgan fingerprint density at radius 3 is 2.78 bits per heavy atom. The number of aromatic nitrogens is 2. The van der Waals surface area contributed by atoms with Gasteiger partial charge >= 0.3 is 0 Å². The molecule has 1 N–H and O–H groups in total. The van der Waals surface area contributed by atoms with E-state index in [1.807, 2.05) is 11.3 Å². The van der Waals surface area contributed by atoms with Crippen LogP contribution in [0.3, 0.4) is 0 Å². The largest absolute Gasteiger partial charge is 0.331 e. The third kappa shape index (κ3) is 2.02. The van der Waals surface area contributed by atoms with Crippen molar-refractivity contribution in [3.63, 3.8) is 0 Å². The van der Waals surface area contributed by atoms with E-state index in [2.05, 4.69) is 53.7 Å². The topological polar surface area (TPSA) is 20.7 Å². The highest BCUT2D eigenvalue weighted by molar-refractivity contribution is 7.71. The van der Waals surface area contributed by atoms with E-state index in [-0.39, 0.29) is 0 Å². The van der Waals surface area contributed by atoms with Gasteiger partial charge in [0.25, 0.3) is 0 Å². The molecule has 0 atom stereocenters. The average molecular weight is 274 g/mol. The lowest BCUT2D eigenvalue weighted by molar-refractivity contribution is 0.823. The Balaban J connectivity index is 2.13. The van der Waals surface area contributed by atoms with E-state index >= 15 is 0 Å². The van der Waals surface area contributed by atoms with Gasteiger partial charge in [-0.25, -0.2) is 0 Å². The number of benzene rings is 1. The van der Waals surface area contributed by atoms with Gasteiger partial charge in [0.05, 0.1) is 17.6 Å². The molecule has 0 bridgehead atoms. The Labute approximate surface area is 115 Å². The van der Waals surface area contributed by atoms with Crippen LogP contribution in [0.4, 0.5) is 0 Å². The molecular weight excluding hydrogens is 260 g/mol. The van der Waals surface area contributed by atoms with Crippen molar-refractivity contribution in [3.8, 4) is 0 Å². The number of thiophene rings is 1. The monoisotopic (exact) mass is 274 g/mol. The Kier molecular flexibility index (Phi) is 2.84. The first-order valence-corrected chi connectivity index (χ1v) is 7.10. The summed E-state index contributed by atoms with van der Waals surface area (Å²) >= 11 is 7.24. The second-order valence-electron chi connectivity index (χ2n) is 4.55. The van der Waals surface area contributed by atoms with Crippen molar-refractivity contribution < 1.29 is 0 Å². The van der Waals surface area contributed by atoms with Crippen LogP contribution < -0.4 is 0 Å². The highest BCUT2D eigenvalue weighted by Gasteiger charge is 2.06. The van der Waals surface area contributed by atoms with Crippen molar-refractivity contribution in [3.05, 3.63) is 50.4 Å². The first kappa shape index (κ1) is 11.7. The van der Waals surface area contributed by atoms with Crippen molar-refractivity contribution in [2.75, 3.05) is 0 Å². The predicted octanol–water partition coefficient (Wildman–Crippen LogP) is 4.43. The first-order valence-electron chi connectivity index (χ1n) is 5.88. The Bertz CT molecular complexity index is 762. The number of hydrogen-bond acceptors (Lipinski definition) is 2. The predicted molar refractivity (Wildman–Crippen MR) is 80.0 cm³/mol. The number of aryl methyl sites for hydroxylation is 2. The smallest absolute Gasteiger partial charge is 0.178 e. The second kappa shape index (κ2) is 4.37. The minimum atomic E-state index is 0.793. The molecule has 92 valence electrons. The zero-order valence-corrected chi connectivity index (χ0v) is 12.0. The molecule has 2 aromatic heterocycles. The van der Waals surface area contributed by atoms with Crippen LogP contribution in [0.25, 0.3) is 11.0 Å². The molecule has 0 amide bonds. The number of fused-ring (bicyclic) bond motifs is 1. The molecule has 2 nitrogen and oxygen atoms in total. The van der Waals surface area contributed by atoms with Gasteiger partial charge in [0.1, 0.15) is 0 Å². The number of nitrogens with zero attached hydrogens (tertiary/aromatic N) is 1. The third-order valence-electron chi connectivity index (χ3n) is 3.04. The lowest BCUT2D eigenvalue weighted by Crippen LogP contribution is -1.97. The van der Waals surface area contributed by atoms with Crippen molar-refractivity contribution in [2.45, 2.75) is 20.4 Å². The van der Waals surface area contributed by atoms with Gasteiger partial charge in [-0.05, 0) is 55.9 Å². The van der Waals surface area contributed by atoms with E-state index in [0.717, 1.165) is 16.8 Å². The van der Waals surface area contributed by atoms with Gasteiger partial charge in [0, 0.05) is 9.75 Å². The third-order valence-corrected chi connectivity index (χ3v) is 4.35.